The second kappa shape index (κ2) is 18.4. The van der Waals surface area contributed by atoms with E-state index in [1.54, 1.807) is 4.68 Å². The fourth-order valence-corrected chi connectivity index (χ4v) is 5.27. The predicted octanol–water partition coefficient (Wildman–Crippen LogP) is 6.44. The van der Waals surface area contributed by atoms with Crippen LogP contribution in [-0.2, 0) is 7.05 Å². The molecule has 0 radical (unpaired) electrons. The molecule has 5 nitrogen and oxygen atoms in total. The first-order valence-corrected chi connectivity index (χ1v) is 14.9. The van der Waals surface area contributed by atoms with Gasteiger partial charge in [-0.15, -0.1) is 0 Å². The molecule has 0 aromatic carbocycles. The van der Waals surface area contributed by atoms with Crippen LogP contribution in [0, 0.1) is 36.5 Å². The Morgan fingerprint density at radius 2 is 0.972 bits per heavy atom. The molecule has 36 heavy (non-hydrogen) atoms. The molecule has 1 unspecified atom stereocenters. The van der Waals surface area contributed by atoms with Crippen LogP contribution in [0.1, 0.15) is 85.1 Å². The van der Waals surface area contributed by atoms with Gasteiger partial charge in [0.2, 0.25) is 0 Å². The van der Waals surface area contributed by atoms with Gasteiger partial charge in [-0.05, 0) is 102 Å². The predicted molar refractivity (Wildman–Crippen MR) is 159 cm³/mol. The first-order chi connectivity index (χ1) is 16.9. The number of rotatable bonds is 0. The largest absolute Gasteiger partial charge is 0.306 e. The summed E-state index contributed by atoms with van der Waals surface area (Å²) in [7, 11) is 8.45. The number of piperidine rings is 1. The number of hydrogen-bond acceptors (Lipinski definition) is 4. The highest BCUT2D eigenvalue weighted by molar-refractivity contribution is 4.98. The van der Waals surface area contributed by atoms with Crippen molar-refractivity contribution in [3.05, 3.63) is 18.0 Å². The van der Waals surface area contributed by atoms with Crippen molar-refractivity contribution in [3.63, 3.8) is 0 Å². The smallest absolute Gasteiger partial charge is 0.0518 e. The van der Waals surface area contributed by atoms with E-state index in [2.05, 4.69) is 75.6 Å². The summed E-state index contributed by atoms with van der Waals surface area (Å²) >= 11 is 0. The Labute approximate surface area is 226 Å². The van der Waals surface area contributed by atoms with Gasteiger partial charge >= 0.3 is 0 Å². The summed E-state index contributed by atoms with van der Waals surface area (Å²) in [5.41, 5.74) is 1.21. The van der Waals surface area contributed by atoms with Gasteiger partial charge in [0.05, 0.1) is 6.20 Å². The molecule has 0 spiro atoms. The van der Waals surface area contributed by atoms with Crippen LogP contribution in [0.5, 0.6) is 0 Å². The summed E-state index contributed by atoms with van der Waals surface area (Å²) in [5, 5.41) is 3.93. The molecule has 1 aromatic heterocycles. The molecular weight excluding hydrogens is 442 g/mol. The third-order valence-electron chi connectivity index (χ3n) is 8.02. The van der Waals surface area contributed by atoms with E-state index in [1.165, 1.54) is 89.8 Å². The molecule has 212 valence electrons. The standard InChI is InChI=1S/C8H16.C7H15N.C6H13N.C5H8N2.C5H11N/c2*1-7-3-5-8(2)6-4-7;1-6-3-4-7(2)5-6;1-5-3-6-7(2)4-5;1-5-3-6(2)4-5/h7-8H,3-6H2,1-2H3;7H,3-6H2,1-2H3;6H,3-5H2,1-2H3;3-4H,1-2H3;5H,3-4H2,1-2H3. The van der Waals surface area contributed by atoms with Crippen LogP contribution in [0.15, 0.2) is 12.4 Å². The average molecular weight is 506 g/mol. The van der Waals surface area contributed by atoms with Crippen LogP contribution in [0.3, 0.4) is 0 Å². The van der Waals surface area contributed by atoms with E-state index in [1.807, 2.05) is 26.4 Å². The number of aryl methyl sites for hydroxylation is 2. The van der Waals surface area contributed by atoms with Crippen molar-refractivity contribution >= 4 is 0 Å². The third kappa shape index (κ3) is 16.8. The Balaban J connectivity index is 0.000000226. The lowest BCUT2D eigenvalue weighted by Gasteiger charge is -2.33. The van der Waals surface area contributed by atoms with Crippen molar-refractivity contribution in [1.82, 2.24) is 24.5 Å². The fraction of sp³-hybridized carbons (Fsp3) is 0.903. The summed E-state index contributed by atoms with van der Waals surface area (Å²) in [6.07, 6.45) is 13.9. The second-order valence-electron chi connectivity index (χ2n) is 13.0. The lowest BCUT2D eigenvalue weighted by Crippen LogP contribution is -2.41. The summed E-state index contributed by atoms with van der Waals surface area (Å²) in [5.74, 6) is 4.93. The minimum Gasteiger partial charge on any atom is -0.306 e. The van der Waals surface area contributed by atoms with E-state index in [4.69, 9.17) is 0 Å². The fourth-order valence-electron chi connectivity index (χ4n) is 5.27. The lowest BCUT2D eigenvalue weighted by molar-refractivity contribution is 0.149. The van der Waals surface area contributed by atoms with Gasteiger partial charge in [0.15, 0.2) is 0 Å². The number of aromatic nitrogens is 2. The summed E-state index contributed by atoms with van der Waals surface area (Å²) in [4.78, 5) is 7.11. The minimum atomic E-state index is 0.949. The quantitative estimate of drug-likeness (QED) is 0.406. The minimum absolute atomic E-state index is 0.949. The molecule has 4 aliphatic rings. The molecule has 1 aliphatic carbocycles. The molecule has 0 bridgehead atoms. The van der Waals surface area contributed by atoms with E-state index in [0.29, 0.717) is 0 Å². The van der Waals surface area contributed by atoms with Gasteiger partial charge in [-0.2, -0.15) is 5.10 Å². The number of nitrogens with zero attached hydrogens (tertiary/aromatic N) is 5. The molecule has 1 saturated carbocycles. The normalized spacial score (nSPS) is 27.7. The third-order valence-corrected chi connectivity index (χ3v) is 8.02. The van der Waals surface area contributed by atoms with E-state index in [-0.39, 0.29) is 0 Å². The van der Waals surface area contributed by atoms with Crippen molar-refractivity contribution < 1.29 is 0 Å². The molecular formula is C31H63N5. The molecule has 5 rings (SSSR count). The first kappa shape index (κ1) is 33.1. The SMILES string of the molecule is CC1CCC(C)CC1.CC1CCN(C)C1.CC1CCN(C)CC1.CC1CN(C)C1.Cc1cnn(C)c1. The Morgan fingerprint density at radius 1 is 0.556 bits per heavy atom. The Hall–Kier alpha value is -0.910. The molecule has 1 atom stereocenters. The number of likely N-dealkylation sites (tertiary alicyclic amines) is 3. The number of hydrogen-bond donors (Lipinski definition) is 0. The zero-order chi connectivity index (χ0) is 27.1. The molecule has 5 heteroatoms. The van der Waals surface area contributed by atoms with E-state index >= 15 is 0 Å². The average Bonchev–Trinajstić information content (AvgIpc) is 3.38. The van der Waals surface area contributed by atoms with Crippen molar-refractivity contribution in [2.24, 2.45) is 36.6 Å². The Kier molecular flexibility index (Phi) is 16.9. The van der Waals surface area contributed by atoms with Crippen LogP contribution < -0.4 is 0 Å². The van der Waals surface area contributed by atoms with Gasteiger partial charge in [-0.1, -0.05) is 60.3 Å². The lowest BCUT2D eigenvalue weighted by atomic mass is 9.84. The monoisotopic (exact) mass is 506 g/mol. The molecule has 3 saturated heterocycles. The second-order valence-corrected chi connectivity index (χ2v) is 13.0. The molecule has 3 aliphatic heterocycles. The first-order valence-electron chi connectivity index (χ1n) is 14.9. The van der Waals surface area contributed by atoms with Crippen molar-refractivity contribution in [1.29, 1.82) is 0 Å². The Bertz CT molecular complexity index is 567. The zero-order valence-electron chi connectivity index (χ0n) is 26.0. The van der Waals surface area contributed by atoms with E-state index in [0.717, 1.165) is 29.6 Å². The molecule has 4 heterocycles. The van der Waals surface area contributed by atoms with Crippen molar-refractivity contribution in [3.8, 4) is 0 Å². The highest BCUT2D eigenvalue weighted by atomic mass is 15.2. The van der Waals surface area contributed by atoms with Gasteiger partial charge in [0.1, 0.15) is 0 Å². The Morgan fingerprint density at radius 3 is 1.17 bits per heavy atom. The zero-order valence-corrected chi connectivity index (χ0v) is 26.0. The van der Waals surface area contributed by atoms with Crippen molar-refractivity contribution in [2.45, 2.75) is 86.5 Å². The van der Waals surface area contributed by atoms with Crippen LogP contribution in [0.25, 0.3) is 0 Å². The van der Waals surface area contributed by atoms with Gasteiger partial charge < -0.3 is 14.7 Å². The maximum Gasteiger partial charge on any atom is 0.0518 e. The van der Waals surface area contributed by atoms with Gasteiger partial charge in [0, 0.05) is 32.9 Å². The molecule has 4 fully saturated rings. The summed E-state index contributed by atoms with van der Waals surface area (Å²) in [6, 6.07) is 0. The van der Waals surface area contributed by atoms with E-state index in [9.17, 15) is 0 Å². The highest BCUT2D eigenvalue weighted by Crippen LogP contribution is 2.27. The van der Waals surface area contributed by atoms with Crippen LogP contribution >= 0.6 is 0 Å². The molecule has 1 aromatic rings. The van der Waals surface area contributed by atoms with Crippen LogP contribution in [-0.4, -0.2) is 84.9 Å². The maximum absolute atomic E-state index is 3.93. The van der Waals surface area contributed by atoms with Crippen LogP contribution in [0.2, 0.25) is 0 Å². The summed E-state index contributed by atoms with van der Waals surface area (Å²) in [6.45, 7) is 21.5. The topological polar surface area (TPSA) is 27.5 Å². The van der Waals surface area contributed by atoms with Crippen LogP contribution in [0.4, 0.5) is 0 Å². The van der Waals surface area contributed by atoms with Crippen molar-refractivity contribution in [2.75, 3.05) is 60.4 Å². The highest BCUT2D eigenvalue weighted by Gasteiger charge is 2.16. The van der Waals surface area contributed by atoms with Gasteiger partial charge in [0.25, 0.3) is 0 Å². The molecule has 0 N–H and O–H groups in total. The molecule has 0 amide bonds. The summed E-state index contributed by atoms with van der Waals surface area (Å²) < 4.78 is 1.79. The maximum atomic E-state index is 3.93. The van der Waals surface area contributed by atoms with Gasteiger partial charge in [-0.25, -0.2) is 0 Å². The van der Waals surface area contributed by atoms with E-state index < -0.39 is 0 Å². The van der Waals surface area contributed by atoms with Gasteiger partial charge in [-0.3, -0.25) is 4.68 Å².